The second-order valence-corrected chi connectivity index (χ2v) is 12.7. The molecule has 0 amide bonds. The van der Waals surface area contributed by atoms with Gasteiger partial charge in [0.2, 0.25) is 0 Å². The first-order valence-electron chi connectivity index (χ1n) is 11.9. The van der Waals surface area contributed by atoms with E-state index >= 15 is 0 Å². The number of nitrogens with zero attached hydrogens (tertiary/aromatic N) is 1. The van der Waals surface area contributed by atoms with Gasteiger partial charge in [-0.1, -0.05) is 12.8 Å². The normalized spacial score (nSPS) is 26.8. The summed E-state index contributed by atoms with van der Waals surface area (Å²) in [6, 6.07) is 0. The van der Waals surface area contributed by atoms with Gasteiger partial charge in [0.1, 0.15) is 5.69 Å². The van der Waals surface area contributed by atoms with E-state index < -0.39 is 49.6 Å². The highest BCUT2D eigenvalue weighted by atomic mass is 32.2. The summed E-state index contributed by atoms with van der Waals surface area (Å²) in [6.45, 7) is 7.12. The maximum Gasteiger partial charge on any atom is 0.185 e. The zero-order chi connectivity index (χ0) is 24.5. The van der Waals surface area contributed by atoms with Crippen molar-refractivity contribution >= 4 is 15.5 Å². The number of morpholine rings is 1. The third kappa shape index (κ3) is 6.02. The van der Waals surface area contributed by atoms with Crippen LogP contribution in [0.3, 0.4) is 0 Å². The molecule has 1 saturated carbocycles. The molecule has 0 unspecified atom stereocenters. The van der Waals surface area contributed by atoms with E-state index in [9.17, 15) is 26.0 Å². The number of benzene rings is 1. The molecule has 0 spiro atoms. The van der Waals surface area contributed by atoms with Gasteiger partial charge in [-0.15, -0.1) is 0 Å². The highest BCUT2D eigenvalue weighted by molar-refractivity contribution is 7.91. The molecule has 1 aliphatic carbocycles. The Bertz CT molecular complexity index is 907. The van der Waals surface area contributed by atoms with Crippen LogP contribution in [0.2, 0.25) is 0 Å². The molecule has 33 heavy (non-hydrogen) atoms. The summed E-state index contributed by atoms with van der Waals surface area (Å²) >= 11 is 0. The van der Waals surface area contributed by atoms with Crippen molar-refractivity contribution in [1.29, 1.82) is 0 Å². The van der Waals surface area contributed by atoms with Crippen LogP contribution in [-0.2, 0) is 21.0 Å². The molecule has 0 radical (unpaired) electrons. The third-order valence-corrected chi connectivity index (χ3v) is 9.39. The molecule has 2 aliphatic rings. The Hall–Kier alpha value is -1.35. The minimum Gasteiger partial charge on any atom is -0.372 e. The van der Waals surface area contributed by atoms with E-state index in [1.165, 1.54) is 4.90 Å². The van der Waals surface area contributed by atoms with Gasteiger partial charge in [0.15, 0.2) is 33.1 Å². The van der Waals surface area contributed by atoms with Crippen LogP contribution in [0.1, 0.15) is 65.4 Å². The fraction of sp³-hybridized carbons (Fsp3) is 0.750. The summed E-state index contributed by atoms with van der Waals surface area (Å²) in [5.41, 5.74) is -1.21. The number of halogens is 4. The molecule has 4 nitrogen and oxygen atoms in total. The first kappa shape index (κ1) is 26.3. The van der Waals surface area contributed by atoms with E-state index in [2.05, 4.69) is 0 Å². The Morgan fingerprint density at radius 1 is 0.879 bits per heavy atom. The van der Waals surface area contributed by atoms with Gasteiger partial charge in [0.25, 0.3) is 0 Å². The van der Waals surface area contributed by atoms with Crippen LogP contribution in [0.4, 0.5) is 23.2 Å². The van der Waals surface area contributed by atoms with E-state index in [1.807, 2.05) is 0 Å². The summed E-state index contributed by atoms with van der Waals surface area (Å²) in [5.74, 6) is -4.96. The standard InChI is InChI=1S/C24H35F4NO3S/c1-14(2)33(30,31)13-18-7-5-17(6-8-18)9-10-19-20(25)22(27)24(23(28)21(19)26)29-11-15(3)32-16(4)12-29/h14-18H,5-13H2,1-4H3/t15-,16+,17?,18?. The molecule has 1 aliphatic heterocycles. The minimum atomic E-state index is -3.11. The van der Waals surface area contributed by atoms with Crippen LogP contribution < -0.4 is 4.90 Å². The zero-order valence-corrected chi connectivity index (χ0v) is 20.7. The summed E-state index contributed by atoms with van der Waals surface area (Å²) in [6.07, 6.45) is 2.63. The van der Waals surface area contributed by atoms with E-state index in [4.69, 9.17) is 4.74 Å². The van der Waals surface area contributed by atoms with Crippen LogP contribution >= 0.6 is 0 Å². The molecule has 3 rings (SSSR count). The molecule has 1 aromatic carbocycles. The lowest BCUT2D eigenvalue weighted by Crippen LogP contribution is -2.46. The average molecular weight is 494 g/mol. The van der Waals surface area contributed by atoms with Gasteiger partial charge in [0.05, 0.1) is 23.2 Å². The molecule has 1 aromatic rings. The minimum absolute atomic E-state index is 0.0922. The van der Waals surface area contributed by atoms with Gasteiger partial charge in [-0.05, 0) is 65.2 Å². The number of hydrogen-bond acceptors (Lipinski definition) is 4. The number of ether oxygens (including phenoxy) is 1. The van der Waals surface area contributed by atoms with Crippen molar-refractivity contribution in [2.24, 2.45) is 11.8 Å². The van der Waals surface area contributed by atoms with Gasteiger partial charge in [-0.2, -0.15) is 0 Å². The van der Waals surface area contributed by atoms with E-state index in [0.29, 0.717) is 6.42 Å². The van der Waals surface area contributed by atoms with Crippen molar-refractivity contribution in [2.45, 2.75) is 83.7 Å². The fourth-order valence-corrected chi connectivity index (χ4v) is 6.45. The first-order valence-corrected chi connectivity index (χ1v) is 13.6. The van der Waals surface area contributed by atoms with Gasteiger partial charge in [-0.3, -0.25) is 0 Å². The van der Waals surface area contributed by atoms with Crippen LogP contribution in [0, 0.1) is 35.1 Å². The van der Waals surface area contributed by atoms with Gasteiger partial charge in [0, 0.05) is 18.7 Å². The quantitative estimate of drug-likeness (QED) is 0.376. The zero-order valence-electron chi connectivity index (χ0n) is 19.8. The highest BCUT2D eigenvalue weighted by Crippen LogP contribution is 2.36. The predicted octanol–water partition coefficient (Wildman–Crippen LogP) is 5.42. The summed E-state index contributed by atoms with van der Waals surface area (Å²) in [4.78, 5) is 1.31. The Labute approximate surface area is 194 Å². The Kier molecular flexibility index (Phi) is 8.36. The topological polar surface area (TPSA) is 46.6 Å². The molecule has 0 N–H and O–H groups in total. The third-order valence-electron chi connectivity index (χ3n) is 7.02. The lowest BCUT2D eigenvalue weighted by Gasteiger charge is -2.37. The van der Waals surface area contributed by atoms with E-state index in [0.717, 1.165) is 25.7 Å². The van der Waals surface area contributed by atoms with Crippen LogP contribution in [0.5, 0.6) is 0 Å². The van der Waals surface area contributed by atoms with Crippen molar-refractivity contribution in [2.75, 3.05) is 23.7 Å². The predicted molar refractivity (Wildman–Crippen MR) is 121 cm³/mol. The number of hydrogen-bond donors (Lipinski definition) is 0. The molecule has 0 aromatic heterocycles. The molecule has 188 valence electrons. The van der Waals surface area contributed by atoms with Gasteiger partial charge < -0.3 is 9.64 Å². The molecule has 9 heteroatoms. The Morgan fingerprint density at radius 2 is 1.36 bits per heavy atom. The Balaban J connectivity index is 1.66. The summed E-state index contributed by atoms with van der Waals surface area (Å²) in [7, 11) is -3.11. The van der Waals surface area contributed by atoms with Crippen molar-refractivity contribution in [3.8, 4) is 0 Å². The fourth-order valence-electron chi connectivity index (χ4n) is 5.08. The molecule has 2 fully saturated rings. The molecule has 0 bridgehead atoms. The van der Waals surface area contributed by atoms with Gasteiger partial charge >= 0.3 is 0 Å². The lowest BCUT2D eigenvalue weighted by molar-refractivity contribution is -0.00567. The number of anilines is 1. The molecule has 1 heterocycles. The highest BCUT2D eigenvalue weighted by Gasteiger charge is 2.33. The maximum atomic E-state index is 14.9. The first-order chi connectivity index (χ1) is 15.4. The maximum absolute atomic E-state index is 14.9. The van der Waals surface area contributed by atoms with Crippen molar-refractivity contribution in [3.05, 3.63) is 28.8 Å². The van der Waals surface area contributed by atoms with Crippen LogP contribution in [-0.4, -0.2) is 44.7 Å². The van der Waals surface area contributed by atoms with Crippen molar-refractivity contribution < 1.29 is 30.7 Å². The second kappa shape index (κ2) is 10.5. The van der Waals surface area contributed by atoms with Crippen LogP contribution in [0.15, 0.2) is 0 Å². The summed E-state index contributed by atoms with van der Waals surface area (Å²) < 4.78 is 89.2. The SMILES string of the molecule is CC(C)S(=O)(=O)CC1CCC(CCc2c(F)c(F)c(N3C[C@@H](C)O[C@@H](C)C3)c(F)c2F)CC1. The average Bonchev–Trinajstić information content (AvgIpc) is 2.72. The van der Waals surface area contributed by atoms with Gasteiger partial charge in [-0.25, -0.2) is 26.0 Å². The van der Waals surface area contributed by atoms with E-state index in [-0.39, 0.29) is 49.3 Å². The molecule has 2 atom stereocenters. The van der Waals surface area contributed by atoms with E-state index in [1.54, 1.807) is 27.7 Å². The van der Waals surface area contributed by atoms with Crippen molar-refractivity contribution in [3.63, 3.8) is 0 Å². The van der Waals surface area contributed by atoms with Crippen molar-refractivity contribution in [1.82, 2.24) is 0 Å². The Morgan fingerprint density at radius 3 is 1.85 bits per heavy atom. The molecule has 1 saturated heterocycles. The summed E-state index contributed by atoms with van der Waals surface area (Å²) in [5, 5.41) is -0.405. The number of sulfone groups is 1. The second-order valence-electron chi connectivity index (χ2n) is 10.0. The lowest BCUT2D eigenvalue weighted by atomic mass is 9.80. The smallest absolute Gasteiger partial charge is 0.185 e. The largest absolute Gasteiger partial charge is 0.372 e. The van der Waals surface area contributed by atoms with Crippen LogP contribution in [0.25, 0.3) is 0 Å². The monoisotopic (exact) mass is 493 g/mol. The number of rotatable bonds is 7. The molecular formula is C24H35F4NO3S. The molecular weight excluding hydrogens is 458 g/mol.